The SMILES string of the molecule is CC(=O)C1CCN(CC(=O)Nc2ccc(-c3cccc4c(=O)cc(N5CCOCC5)oc34)c3oc4ccccc4c23)CC1. The number of amides is 1. The number of nitrogens with zero attached hydrogens (tertiary/aromatic N) is 2. The summed E-state index contributed by atoms with van der Waals surface area (Å²) in [6.45, 7) is 5.79. The minimum absolute atomic E-state index is 0.0900. The van der Waals surface area contributed by atoms with E-state index < -0.39 is 0 Å². The van der Waals surface area contributed by atoms with Crippen LogP contribution in [0.4, 0.5) is 11.6 Å². The number of nitrogens with one attached hydrogen (secondary N) is 1. The van der Waals surface area contributed by atoms with E-state index >= 15 is 0 Å². The van der Waals surface area contributed by atoms with Crippen LogP contribution in [0.3, 0.4) is 0 Å². The van der Waals surface area contributed by atoms with Crippen LogP contribution < -0.4 is 15.6 Å². The van der Waals surface area contributed by atoms with Crippen molar-refractivity contribution in [3.05, 3.63) is 70.9 Å². The highest BCUT2D eigenvalue weighted by Gasteiger charge is 2.25. The van der Waals surface area contributed by atoms with Crippen LogP contribution in [0.25, 0.3) is 44.0 Å². The predicted molar refractivity (Wildman–Crippen MR) is 167 cm³/mol. The predicted octanol–water partition coefficient (Wildman–Crippen LogP) is 5.44. The van der Waals surface area contributed by atoms with Gasteiger partial charge in [-0.05, 0) is 57.1 Å². The average molecular weight is 580 g/mol. The Balaban J connectivity index is 1.28. The highest BCUT2D eigenvalue weighted by molar-refractivity contribution is 6.18. The molecule has 5 aromatic rings. The molecule has 220 valence electrons. The summed E-state index contributed by atoms with van der Waals surface area (Å²) in [7, 11) is 0. The molecule has 7 rings (SSSR count). The van der Waals surface area contributed by atoms with Crippen LogP contribution in [0.1, 0.15) is 19.8 Å². The molecule has 2 aliphatic rings. The number of carbonyl (C=O) groups excluding carboxylic acids is 2. The number of furan rings is 1. The first-order valence-corrected chi connectivity index (χ1v) is 14.8. The molecule has 9 nitrogen and oxygen atoms in total. The number of ether oxygens (including phenoxy) is 1. The highest BCUT2D eigenvalue weighted by atomic mass is 16.5. The van der Waals surface area contributed by atoms with Gasteiger partial charge >= 0.3 is 0 Å². The Kier molecular flexibility index (Phi) is 7.20. The van der Waals surface area contributed by atoms with Crippen molar-refractivity contribution < 1.29 is 23.2 Å². The van der Waals surface area contributed by atoms with E-state index in [1.165, 1.54) is 0 Å². The zero-order chi connectivity index (χ0) is 29.5. The van der Waals surface area contributed by atoms with Crippen molar-refractivity contribution in [2.45, 2.75) is 19.8 Å². The molecule has 9 heteroatoms. The lowest BCUT2D eigenvalue weighted by Gasteiger charge is -2.30. The van der Waals surface area contributed by atoms with Crippen molar-refractivity contribution in [2.75, 3.05) is 56.2 Å². The molecule has 4 heterocycles. The van der Waals surface area contributed by atoms with Gasteiger partial charge in [0.25, 0.3) is 0 Å². The van der Waals surface area contributed by atoms with E-state index in [0.717, 1.165) is 47.8 Å². The van der Waals surface area contributed by atoms with Gasteiger partial charge in [-0.2, -0.15) is 0 Å². The zero-order valence-electron chi connectivity index (χ0n) is 24.1. The quantitative estimate of drug-likeness (QED) is 0.284. The Morgan fingerprint density at radius 1 is 0.860 bits per heavy atom. The second-order valence-electron chi connectivity index (χ2n) is 11.4. The van der Waals surface area contributed by atoms with Crippen molar-refractivity contribution in [1.29, 1.82) is 0 Å². The van der Waals surface area contributed by atoms with Crippen LogP contribution in [0, 0.1) is 5.92 Å². The summed E-state index contributed by atoms with van der Waals surface area (Å²) in [6.07, 6.45) is 1.56. The highest BCUT2D eigenvalue weighted by Crippen LogP contribution is 2.42. The van der Waals surface area contributed by atoms with E-state index in [0.29, 0.717) is 60.0 Å². The molecule has 1 amide bonds. The standard InChI is InChI=1S/C34H33N3O6/c1-21(38)22-11-13-36(14-12-22)20-30(40)35-27-10-9-24(34-32(27)26-5-2-3-8-29(26)42-34)23-6-4-7-25-28(39)19-31(43-33(23)25)37-15-17-41-18-16-37/h2-10,19,22H,11-18,20H2,1H3,(H,35,40). The van der Waals surface area contributed by atoms with Gasteiger partial charge < -0.3 is 23.8 Å². The lowest BCUT2D eigenvalue weighted by atomic mass is 9.93. The number of fused-ring (bicyclic) bond motifs is 4. The Morgan fingerprint density at radius 3 is 2.40 bits per heavy atom. The minimum Gasteiger partial charge on any atom is -0.455 e. The molecule has 0 radical (unpaired) electrons. The van der Waals surface area contributed by atoms with E-state index in [4.69, 9.17) is 13.6 Å². The van der Waals surface area contributed by atoms with Crippen molar-refractivity contribution in [3.63, 3.8) is 0 Å². The number of likely N-dealkylation sites (tertiary alicyclic amines) is 1. The Morgan fingerprint density at radius 2 is 1.60 bits per heavy atom. The number of hydrogen-bond acceptors (Lipinski definition) is 8. The smallest absolute Gasteiger partial charge is 0.238 e. The number of hydrogen-bond donors (Lipinski definition) is 1. The molecular weight excluding hydrogens is 546 g/mol. The molecule has 1 N–H and O–H groups in total. The van der Waals surface area contributed by atoms with Crippen molar-refractivity contribution in [2.24, 2.45) is 5.92 Å². The lowest BCUT2D eigenvalue weighted by molar-refractivity contribution is -0.122. The van der Waals surface area contributed by atoms with E-state index in [2.05, 4.69) is 10.2 Å². The summed E-state index contributed by atoms with van der Waals surface area (Å²) in [4.78, 5) is 42.3. The molecule has 0 bridgehead atoms. The van der Waals surface area contributed by atoms with Gasteiger partial charge in [-0.3, -0.25) is 19.3 Å². The van der Waals surface area contributed by atoms with Gasteiger partial charge in [0.1, 0.15) is 22.5 Å². The molecule has 2 fully saturated rings. The second-order valence-corrected chi connectivity index (χ2v) is 11.4. The number of para-hydroxylation sites is 2. The van der Waals surface area contributed by atoms with E-state index in [1.807, 2.05) is 53.4 Å². The fourth-order valence-electron chi connectivity index (χ4n) is 6.35. The van der Waals surface area contributed by atoms with Crippen LogP contribution in [0.15, 0.2) is 74.3 Å². The fourth-order valence-corrected chi connectivity index (χ4v) is 6.35. The fraction of sp³-hybridized carbons (Fsp3) is 0.324. The van der Waals surface area contributed by atoms with Gasteiger partial charge in [-0.15, -0.1) is 0 Å². The van der Waals surface area contributed by atoms with Gasteiger partial charge in [0.15, 0.2) is 11.3 Å². The monoisotopic (exact) mass is 579 g/mol. The Labute approximate surface area is 248 Å². The molecule has 3 aromatic carbocycles. The van der Waals surface area contributed by atoms with Crippen molar-refractivity contribution >= 4 is 56.2 Å². The molecular formula is C34H33N3O6. The number of morpholine rings is 1. The average Bonchev–Trinajstić information content (AvgIpc) is 3.42. The molecule has 0 spiro atoms. The molecule has 0 saturated carbocycles. The molecule has 0 atom stereocenters. The van der Waals surface area contributed by atoms with Gasteiger partial charge in [0.2, 0.25) is 5.91 Å². The number of anilines is 2. The summed E-state index contributed by atoms with van der Waals surface area (Å²) >= 11 is 0. The number of ketones is 1. The topological polar surface area (TPSA) is 105 Å². The van der Waals surface area contributed by atoms with Gasteiger partial charge in [0.05, 0.1) is 36.2 Å². The van der Waals surface area contributed by atoms with Crippen LogP contribution in [-0.4, -0.2) is 62.5 Å². The molecule has 0 aliphatic carbocycles. The Hall–Kier alpha value is -4.47. The first-order chi connectivity index (χ1) is 21.0. The number of rotatable bonds is 6. The third kappa shape index (κ3) is 5.19. The van der Waals surface area contributed by atoms with E-state index in [9.17, 15) is 14.4 Å². The summed E-state index contributed by atoms with van der Waals surface area (Å²) in [5, 5.41) is 5.29. The number of Topliss-reactive ketones (excluding diaryl/α,β-unsaturated/α-hetero) is 1. The molecule has 2 aromatic heterocycles. The lowest BCUT2D eigenvalue weighted by Crippen LogP contribution is -2.40. The second kappa shape index (κ2) is 11.3. The summed E-state index contributed by atoms with van der Waals surface area (Å²) in [6, 6.07) is 18.7. The zero-order valence-corrected chi connectivity index (χ0v) is 24.1. The summed E-state index contributed by atoms with van der Waals surface area (Å²) in [5.74, 6) is 0.714. The minimum atomic E-state index is -0.119. The third-order valence-corrected chi connectivity index (χ3v) is 8.68. The first-order valence-electron chi connectivity index (χ1n) is 14.8. The number of benzene rings is 3. The summed E-state index contributed by atoms with van der Waals surface area (Å²) < 4.78 is 18.3. The Bertz CT molecular complexity index is 1910. The first kappa shape index (κ1) is 27.4. The number of piperidine rings is 1. The van der Waals surface area contributed by atoms with Gasteiger partial charge in [-0.25, -0.2) is 0 Å². The van der Waals surface area contributed by atoms with Gasteiger partial charge in [-0.1, -0.05) is 30.3 Å². The van der Waals surface area contributed by atoms with E-state index in [-0.39, 0.29) is 29.6 Å². The maximum absolute atomic E-state index is 13.2. The van der Waals surface area contributed by atoms with Crippen LogP contribution in [0.2, 0.25) is 0 Å². The molecule has 0 unspecified atom stereocenters. The third-order valence-electron chi connectivity index (χ3n) is 8.68. The molecule has 2 saturated heterocycles. The molecule has 2 aliphatic heterocycles. The maximum Gasteiger partial charge on any atom is 0.238 e. The number of carbonyl (C=O) groups is 2. The van der Waals surface area contributed by atoms with Crippen LogP contribution in [0.5, 0.6) is 0 Å². The van der Waals surface area contributed by atoms with Gasteiger partial charge in [0, 0.05) is 41.6 Å². The van der Waals surface area contributed by atoms with Crippen LogP contribution >= 0.6 is 0 Å². The maximum atomic E-state index is 13.2. The van der Waals surface area contributed by atoms with Crippen LogP contribution in [-0.2, 0) is 14.3 Å². The van der Waals surface area contributed by atoms with Crippen molar-refractivity contribution in [1.82, 2.24) is 4.90 Å². The largest absolute Gasteiger partial charge is 0.455 e. The summed E-state index contributed by atoms with van der Waals surface area (Å²) in [5.41, 5.74) is 3.84. The normalized spacial score (nSPS) is 16.7. The van der Waals surface area contributed by atoms with Crippen molar-refractivity contribution in [3.8, 4) is 11.1 Å². The molecule has 43 heavy (non-hydrogen) atoms. The van der Waals surface area contributed by atoms with E-state index in [1.54, 1.807) is 19.1 Å².